The van der Waals surface area contributed by atoms with Gasteiger partial charge in [0.15, 0.2) is 23.3 Å². The van der Waals surface area contributed by atoms with Crippen LogP contribution in [0.2, 0.25) is 0 Å². The number of pyridine rings is 1. The number of carbonyl (C=O) groups is 4. The lowest BCUT2D eigenvalue weighted by atomic mass is 10.1. The first-order chi connectivity index (χ1) is 35.5. The largest absolute Gasteiger partial charge is 0.416 e. The number of nitrogens with one attached hydrogen (secondary N) is 8. The van der Waals surface area contributed by atoms with Crippen LogP contribution in [0.4, 0.5) is 42.1 Å². The number of amides is 4. The molecule has 386 valence electrons. The van der Waals surface area contributed by atoms with Gasteiger partial charge in [-0.25, -0.2) is 0 Å². The number of carbonyl (C=O) groups excluding carboxylic acids is 4. The number of rotatable bonds is 14. The monoisotopic (exact) mass is 1080 g/mol. The van der Waals surface area contributed by atoms with Gasteiger partial charge in [0.05, 0.1) is 37.9 Å². The minimum absolute atomic E-state index is 0.00109. The van der Waals surface area contributed by atoms with E-state index in [0.29, 0.717) is 66.0 Å². The molecule has 0 atom stereocenters. The van der Waals surface area contributed by atoms with Crippen molar-refractivity contribution in [2.24, 2.45) is 0 Å². The number of nitrogens with zero attached hydrogens (tertiary/aromatic N) is 6. The summed E-state index contributed by atoms with van der Waals surface area (Å²) < 4.78 is 38.8. The Hall–Kier alpha value is -8.54. The maximum absolute atomic E-state index is 12.6. The molecule has 5 aromatic heterocycles. The molecule has 9 rings (SSSR count). The highest BCUT2D eigenvalue weighted by molar-refractivity contribution is 9.10. The third kappa shape index (κ3) is 14.8. The van der Waals surface area contributed by atoms with Crippen LogP contribution in [0.25, 0.3) is 54.7 Å². The SMILES string of the molecule is CCCC(=O)Nc1n[nH]c2cc(-c3cccnc3)ccc12.CCCC(=O)Nc1n[nH]c2cc(Br)ccc12.CCCC(=O)Nc1n[nH]c2ccc(C(F)(F)F)cc12.CCCC(=O)Nc1n[nH]c2ccc([N+](=O)[O-])cc12. The smallest absolute Gasteiger partial charge is 0.309 e. The second kappa shape index (κ2) is 25.7. The lowest BCUT2D eigenvalue weighted by Gasteiger charge is -2.06. The number of anilines is 4. The number of hydrogen-bond acceptors (Lipinski definition) is 11. The molecule has 8 N–H and O–H groups in total. The number of aromatic nitrogens is 9. The summed E-state index contributed by atoms with van der Waals surface area (Å²) >= 11 is 3.38. The first kappa shape index (κ1) is 54.8. The van der Waals surface area contributed by atoms with Gasteiger partial charge in [0.2, 0.25) is 23.6 Å². The van der Waals surface area contributed by atoms with Crippen LogP contribution in [-0.4, -0.2) is 74.3 Å². The number of alkyl halides is 3. The van der Waals surface area contributed by atoms with Crippen molar-refractivity contribution < 1.29 is 37.3 Å². The quantitative estimate of drug-likeness (QED) is 0.0374. The van der Waals surface area contributed by atoms with Gasteiger partial charge in [0.1, 0.15) is 0 Å². The molecule has 9 aromatic rings. The molecule has 0 spiro atoms. The van der Waals surface area contributed by atoms with Gasteiger partial charge in [-0.3, -0.25) is 54.7 Å². The second-order valence-electron chi connectivity index (χ2n) is 16.4. The molecule has 0 bridgehead atoms. The van der Waals surface area contributed by atoms with Crippen molar-refractivity contribution in [1.29, 1.82) is 0 Å². The van der Waals surface area contributed by atoms with Crippen LogP contribution in [-0.2, 0) is 25.4 Å². The fourth-order valence-electron chi connectivity index (χ4n) is 7.10. The number of non-ortho nitro benzene ring substituents is 1. The molecule has 0 aliphatic carbocycles. The van der Waals surface area contributed by atoms with Crippen molar-refractivity contribution in [1.82, 2.24) is 45.8 Å². The van der Waals surface area contributed by atoms with Gasteiger partial charge >= 0.3 is 6.18 Å². The molecule has 4 aromatic carbocycles. The molecule has 0 saturated carbocycles. The number of benzene rings is 4. The number of nitro benzene ring substituents is 1. The molecule has 5 heterocycles. The molecule has 0 aliphatic rings. The Balaban J connectivity index is 0.000000161. The molecule has 20 nitrogen and oxygen atoms in total. The van der Waals surface area contributed by atoms with E-state index in [-0.39, 0.29) is 40.5 Å². The van der Waals surface area contributed by atoms with E-state index in [4.69, 9.17) is 0 Å². The number of H-pyrrole nitrogens is 4. The van der Waals surface area contributed by atoms with E-state index < -0.39 is 16.7 Å². The molecule has 0 radical (unpaired) electrons. The Labute approximate surface area is 428 Å². The second-order valence-corrected chi connectivity index (χ2v) is 17.3. The zero-order valence-electron chi connectivity index (χ0n) is 40.5. The standard InChI is InChI=1S/C16H16N4O.C12H12F3N3O.C11H12BrN3O.C11H12N4O3/c1-2-4-15(21)18-16-13-7-6-11(9-14(13)19-20-16)12-5-3-8-17-10-12;1-2-3-10(19)16-11-8-6-7(12(13,14)15)4-5-9(8)17-18-11;1-2-3-10(16)13-11-8-5-4-7(12)6-9(8)14-15-11;1-2-3-10(16)12-11-8-6-7(15(17)18)4-5-9(8)13-14-11/h3,5-10H,2,4H2,1H3,(H2,18,19,20,21);4-6H,2-3H2,1H3,(H2,16,17,18,19);4-6H,2-3H2,1H3,(H2,13,14,15,16);4-6H,2-3H2,1H3,(H2,12,13,14,16). The van der Waals surface area contributed by atoms with Gasteiger partial charge in [0, 0.05) is 76.4 Å². The van der Waals surface area contributed by atoms with Crippen LogP contribution in [0.1, 0.15) is 84.6 Å². The van der Waals surface area contributed by atoms with E-state index in [2.05, 4.69) is 83.0 Å². The lowest BCUT2D eigenvalue weighted by Crippen LogP contribution is -2.11. The first-order valence-corrected chi connectivity index (χ1v) is 24.2. The third-order valence-corrected chi connectivity index (χ3v) is 11.2. The molecule has 0 unspecified atom stereocenters. The van der Waals surface area contributed by atoms with E-state index in [1.165, 1.54) is 18.2 Å². The molecule has 0 aliphatic heterocycles. The van der Waals surface area contributed by atoms with Crippen molar-refractivity contribution in [2.45, 2.75) is 85.2 Å². The van der Waals surface area contributed by atoms with E-state index in [0.717, 1.165) is 68.8 Å². The van der Waals surface area contributed by atoms with E-state index in [9.17, 15) is 42.5 Å². The Morgan fingerprint density at radius 3 is 1.46 bits per heavy atom. The molecule has 74 heavy (non-hydrogen) atoms. The van der Waals surface area contributed by atoms with Gasteiger partial charge in [-0.1, -0.05) is 55.8 Å². The molecule has 24 heteroatoms. The molecule has 0 fully saturated rings. The van der Waals surface area contributed by atoms with Crippen molar-refractivity contribution in [3.63, 3.8) is 0 Å². The lowest BCUT2D eigenvalue weighted by molar-refractivity contribution is -0.384. The maximum atomic E-state index is 12.6. The Bertz CT molecular complexity index is 3390. The third-order valence-electron chi connectivity index (χ3n) is 10.7. The van der Waals surface area contributed by atoms with Crippen molar-refractivity contribution in [3.8, 4) is 11.1 Å². The molecule has 0 saturated heterocycles. The minimum atomic E-state index is -4.42. The van der Waals surface area contributed by atoms with Gasteiger partial charge in [-0.15, -0.1) is 0 Å². The van der Waals surface area contributed by atoms with Crippen LogP contribution in [0.15, 0.2) is 102 Å². The summed E-state index contributed by atoms with van der Waals surface area (Å²) in [4.78, 5) is 60.4. The minimum Gasteiger partial charge on any atom is -0.309 e. The summed E-state index contributed by atoms with van der Waals surface area (Å²) in [6.07, 6.45) is 3.90. The molecular formula is C50H52BrF3N14O6. The number of halogens is 4. The molecule has 4 amide bonds. The topological polar surface area (TPSA) is 287 Å². The summed E-state index contributed by atoms with van der Waals surface area (Å²) in [5.74, 6) is 1.20. The van der Waals surface area contributed by atoms with Crippen LogP contribution in [0, 0.1) is 10.1 Å². The summed E-state index contributed by atoms with van der Waals surface area (Å²) in [5.41, 5.74) is 4.19. The van der Waals surface area contributed by atoms with Crippen molar-refractivity contribution >= 4 is 112 Å². The number of nitro groups is 1. The van der Waals surface area contributed by atoms with E-state index in [1.54, 1.807) is 12.3 Å². The van der Waals surface area contributed by atoms with Crippen LogP contribution in [0.3, 0.4) is 0 Å². The van der Waals surface area contributed by atoms with Crippen LogP contribution in [0.5, 0.6) is 0 Å². The highest BCUT2D eigenvalue weighted by Gasteiger charge is 2.31. The maximum Gasteiger partial charge on any atom is 0.416 e. The fourth-order valence-corrected chi connectivity index (χ4v) is 7.46. The predicted molar refractivity (Wildman–Crippen MR) is 281 cm³/mol. The zero-order valence-corrected chi connectivity index (χ0v) is 42.1. The Kier molecular flexibility index (Phi) is 19.0. The highest BCUT2D eigenvalue weighted by atomic mass is 79.9. The van der Waals surface area contributed by atoms with Crippen molar-refractivity contribution in [3.05, 3.63) is 117 Å². The van der Waals surface area contributed by atoms with E-state index >= 15 is 0 Å². The Morgan fingerprint density at radius 2 is 1.00 bits per heavy atom. The predicted octanol–water partition coefficient (Wildman–Crippen LogP) is 12.0. The number of aromatic amines is 4. The van der Waals surface area contributed by atoms with E-state index in [1.807, 2.05) is 82.4 Å². The molecular weight excluding hydrogens is 1030 g/mol. The summed E-state index contributed by atoms with van der Waals surface area (Å²) in [6, 6.07) is 23.2. The average Bonchev–Trinajstić information content (AvgIpc) is 4.18. The van der Waals surface area contributed by atoms with Gasteiger partial charge < -0.3 is 21.3 Å². The average molecular weight is 1080 g/mol. The van der Waals surface area contributed by atoms with Crippen molar-refractivity contribution in [2.75, 3.05) is 21.3 Å². The summed E-state index contributed by atoms with van der Waals surface area (Å²) in [5, 5.41) is 51.2. The Morgan fingerprint density at radius 1 is 0.554 bits per heavy atom. The fraction of sp³-hybridized carbons (Fsp3) is 0.260. The number of fused-ring (bicyclic) bond motifs is 4. The summed E-state index contributed by atoms with van der Waals surface area (Å²) in [6.45, 7) is 7.68. The van der Waals surface area contributed by atoms with Crippen LogP contribution >= 0.6 is 15.9 Å². The highest BCUT2D eigenvalue weighted by Crippen LogP contribution is 2.33. The zero-order chi connectivity index (χ0) is 53.4. The first-order valence-electron chi connectivity index (χ1n) is 23.4. The van der Waals surface area contributed by atoms with Gasteiger partial charge in [-0.05, 0) is 91.9 Å². The van der Waals surface area contributed by atoms with Crippen LogP contribution < -0.4 is 21.3 Å². The number of hydrogen-bond donors (Lipinski definition) is 8. The van der Waals surface area contributed by atoms with Gasteiger partial charge in [-0.2, -0.15) is 33.6 Å². The summed E-state index contributed by atoms with van der Waals surface area (Å²) in [7, 11) is 0. The van der Waals surface area contributed by atoms with Gasteiger partial charge in [0.25, 0.3) is 5.69 Å². The normalized spacial score (nSPS) is 10.9.